The SMILES string of the molecule is CCNC(=NCCNC(C)=O)NC(C)Cc1c(C)nn(C)c1C.I. The number of carbonyl (C=O) groups excluding carboxylic acids is 1. The summed E-state index contributed by atoms with van der Waals surface area (Å²) in [5.74, 6) is 0.735. The molecule has 0 saturated carbocycles. The summed E-state index contributed by atoms with van der Waals surface area (Å²) in [6.07, 6.45) is 0.890. The maximum Gasteiger partial charge on any atom is 0.216 e. The minimum absolute atomic E-state index is 0. The first-order chi connectivity index (χ1) is 10.8. The molecule has 1 heterocycles. The van der Waals surface area contributed by atoms with Crippen molar-refractivity contribution in [3.63, 3.8) is 0 Å². The van der Waals surface area contributed by atoms with Crippen molar-refractivity contribution < 1.29 is 4.79 Å². The molecule has 1 aromatic heterocycles. The first-order valence-electron chi connectivity index (χ1n) is 8.13. The lowest BCUT2D eigenvalue weighted by atomic mass is 10.1. The van der Waals surface area contributed by atoms with Crippen molar-refractivity contribution in [1.82, 2.24) is 25.7 Å². The number of rotatable bonds is 7. The fourth-order valence-corrected chi connectivity index (χ4v) is 2.42. The number of aromatic nitrogens is 2. The second kappa shape index (κ2) is 11.3. The summed E-state index contributed by atoms with van der Waals surface area (Å²) >= 11 is 0. The highest BCUT2D eigenvalue weighted by Crippen LogP contribution is 2.14. The Morgan fingerprint density at radius 3 is 2.50 bits per heavy atom. The number of carbonyl (C=O) groups is 1. The van der Waals surface area contributed by atoms with E-state index in [0.29, 0.717) is 13.1 Å². The van der Waals surface area contributed by atoms with E-state index in [9.17, 15) is 4.79 Å². The van der Waals surface area contributed by atoms with Crippen LogP contribution >= 0.6 is 24.0 Å². The van der Waals surface area contributed by atoms with Crippen LogP contribution in [0.25, 0.3) is 0 Å². The summed E-state index contributed by atoms with van der Waals surface area (Å²) in [7, 11) is 1.97. The van der Waals surface area contributed by atoms with Gasteiger partial charge in [-0.2, -0.15) is 5.10 Å². The predicted octanol–water partition coefficient (Wildman–Crippen LogP) is 1.28. The molecule has 0 aromatic carbocycles. The van der Waals surface area contributed by atoms with Crippen LogP contribution in [0.4, 0.5) is 0 Å². The van der Waals surface area contributed by atoms with Crippen molar-refractivity contribution in [2.75, 3.05) is 19.6 Å². The first-order valence-corrected chi connectivity index (χ1v) is 8.13. The van der Waals surface area contributed by atoms with Gasteiger partial charge in [-0.1, -0.05) is 0 Å². The molecule has 3 N–H and O–H groups in total. The second-order valence-corrected chi connectivity index (χ2v) is 5.77. The second-order valence-electron chi connectivity index (χ2n) is 5.77. The van der Waals surface area contributed by atoms with Gasteiger partial charge in [-0.15, -0.1) is 24.0 Å². The average molecular weight is 450 g/mol. The average Bonchev–Trinajstić information content (AvgIpc) is 2.70. The molecule has 1 aromatic rings. The number of halogens is 1. The Morgan fingerprint density at radius 2 is 2.00 bits per heavy atom. The van der Waals surface area contributed by atoms with E-state index in [1.54, 1.807) is 0 Å². The molecule has 0 fully saturated rings. The van der Waals surface area contributed by atoms with E-state index in [2.05, 4.69) is 39.9 Å². The summed E-state index contributed by atoms with van der Waals surface area (Å²) < 4.78 is 1.92. The van der Waals surface area contributed by atoms with Gasteiger partial charge in [0.1, 0.15) is 0 Å². The van der Waals surface area contributed by atoms with Gasteiger partial charge < -0.3 is 16.0 Å². The van der Waals surface area contributed by atoms with Gasteiger partial charge in [0.2, 0.25) is 5.91 Å². The summed E-state index contributed by atoms with van der Waals surface area (Å²) in [6, 6.07) is 0.232. The van der Waals surface area contributed by atoms with Crippen LogP contribution in [0.3, 0.4) is 0 Å². The number of nitrogens with one attached hydrogen (secondary N) is 3. The number of nitrogens with zero attached hydrogens (tertiary/aromatic N) is 3. The Bertz CT molecular complexity index is 555. The smallest absolute Gasteiger partial charge is 0.216 e. The molecule has 8 heteroatoms. The van der Waals surface area contributed by atoms with Gasteiger partial charge in [0, 0.05) is 38.8 Å². The maximum absolute atomic E-state index is 10.9. The maximum atomic E-state index is 10.9. The fourth-order valence-electron chi connectivity index (χ4n) is 2.42. The third-order valence-electron chi connectivity index (χ3n) is 3.65. The third kappa shape index (κ3) is 7.50. The van der Waals surface area contributed by atoms with E-state index in [0.717, 1.165) is 24.6 Å². The lowest BCUT2D eigenvalue weighted by Gasteiger charge is -2.18. The Kier molecular flexibility index (Phi) is 10.7. The lowest BCUT2D eigenvalue weighted by molar-refractivity contribution is -0.118. The molecule has 0 aliphatic rings. The lowest BCUT2D eigenvalue weighted by Crippen LogP contribution is -2.43. The van der Waals surface area contributed by atoms with Crippen LogP contribution in [0.2, 0.25) is 0 Å². The normalized spacial score (nSPS) is 12.3. The number of amides is 1. The van der Waals surface area contributed by atoms with Crippen molar-refractivity contribution in [2.24, 2.45) is 12.0 Å². The van der Waals surface area contributed by atoms with E-state index < -0.39 is 0 Å². The topological polar surface area (TPSA) is 83.3 Å². The molecule has 1 unspecified atom stereocenters. The Balaban J connectivity index is 0.00000529. The minimum atomic E-state index is -0.0333. The monoisotopic (exact) mass is 450 g/mol. The molecular weight excluding hydrogens is 419 g/mol. The van der Waals surface area contributed by atoms with Crippen molar-refractivity contribution in [3.05, 3.63) is 17.0 Å². The molecule has 0 bridgehead atoms. The minimum Gasteiger partial charge on any atom is -0.357 e. The molecule has 1 amide bonds. The van der Waals surface area contributed by atoms with E-state index in [1.165, 1.54) is 18.2 Å². The highest BCUT2D eigenvalue weighted by atomic mass is 127. The van der Waals surface area contributed by atoms with Crippen LogP contribution in [0, 0.1) is 13.8 Å². The Hall–Kier alpha value is -1.32. The molecule has 0 spiro atoms. The fraction of sp³-hybridized carbons (Fsp3) is 0.688. The molecule has 0 saturated heterocycles. The number of hydrogen-bond acceptors (Lipinski definition) is 3. The molecule has 0 aliphatic carbocycles. The molecule has 0 radical (unpaired) electrons. The standard InChI is InChI=1S/C16H30N6O.HI/c1-7-17-16(19-9-8-18-14(5)23)20-11(2)10-15-12(3)21-22(6)13(15)4;/h11H,7-10H2,1-6H3,(H,18,23)(H2,17,19,20);1H. The number of guanidine groups is 1. The van der Waals surface area contributed by atoms with E-state index >= 15 is 0 Å². The van der Waals surface area contributed by atoms with Crippen LogP contribution in [0.1, 0.15) is 37.7 Å². The Labute approximate surface area is 162 Å². The van der Waals surface area contributed by atoms with Crippen LogP contribution in [0.5, 0.6) is 0 Å². The van der Waals surface area contributed by atoms with Crippen molar-refractivity contribution >= 4 is 35.8 Å². The number of aryl methyl sites for hydroxylation is 2. The molecule has 24 heavy (non-hydrogen) atoms. The van der Waals surface area contributed by atoms with Crippen LogP contribution in [0.15, 0.2) is 4.99 Å². The van der Waals surface area contributed by atoms with Crippen LogP contribution in [-0.2, 0) is 18.3 Å². The highest BCUT2D eigenvalue weighted by Gasteiger charge is 2.13. The first kappa shape index (κ1) is 22.7. The van der Waals surface area contributed by atoms with Crippen molar-refractivity contribution in [3.8, 4) is 0 Å². The van der Waals surface area contributed by atoms with Crippen LogP contribution in [-0.4, -0.2) is 47.3 Å². The Morgan fingerprint density at radius 1 is 1.33 bits per heavy atom. The van der Waals surface area contributed by atoms with E-state index in [-0.39, 0.29) is 35.9 Å². The largest absolute Gasteiger partial charge is 0.357 e. The molecular formula is C16H31IN6O. The zero-order valence-corrected chi connectivity index (χ0v) is 17.9. The van der Waals surface area contributed by atoms with Crippen molar-refractivity contribution in [1.29, 1.82) is 0 Å². The molecule has 138 valence electrons. The zero-order valence-electron chi connectivity index (χ0n) is 15.6. The van der Waals surface area contributed by atoms with Gasteiger partial charge in [-0.25, -0.2) is 0 Å². The summed E-state index contributed by atoms with van der Waals surface area (Å²) in [5, 5.41) is 13.8. The summed E-state index contributed by atoms with van der Waals surface area (Å²) in [5.41, 5.74) is 3.55. The number of aliphatic imine (C=N–C) groups is 1. The van der Waals surface area contributed by atoms with Crippen molar-refractivity contribution in [2.45, 2.75) is 47.1 Å². The quantitative estimate of drug-likeness (QED) is 0.253. The molecule has 1 atom stereocenters. The molecule has 1 rings (SSSR count). The highest BCUT2D eigenvalue weighted by molar-refractivity contribution is 14.0. The van der Waals surface area contributed by atoms with Gasteiger partial charge in [-0.3, -0.25) is 14.5 Å². The van der Waals surface area contributed by atoms with Gasteiger partial charge in [0.15, 0.2) is 5.96 Å². The van der Waals surface area contributed by atoms with Crippen LogP contribution < -0.4 is 16.0 Å². The number of hydrogen-bond donors (Lipinski definition) is 3. The third-order valence-corrected chi connectivity index (χ3v) is 3.65. The predicted molar refractivity (Wildman–Crippen MR) is 109 cm³/mol. The van der Waals surface area contributed by atoms with Gasteiger partial charge in [0.25, 0.3) is 0 Å². The molecule has 0 aliphatic heterocycles. The summed E-state index contributed by atoms with van der Waals surface area (Å²) in [6.45, 7) is 11.7. The zero-order chi connectivity index (χ0) is 17.4. The van der Waals surface area contributed by atoms with Gasteiger partial charge in [0.05, 0.1) is 12.2 Å². The molecule has 7 nitrogen and oxygen atoms in total. The summed E-state index contributed by atoms with van der Waals surface area (Å²) in [4.78, 5) is 15.3. The van der Waals surface area contributed by atoms with Gasteiger partial charge in [-0.05, 0) is 39.7 Å². The van der Waals surface area contributed by atoms with E-state index in [4.69, 9.17) is 0 Å². The van der Waals surface area contributed by atoms with Gasteiger partial charge >= 0.3 is 0 Å². The van der Waals surface area contributed by atoms with E-state index in [1.807, 2.05) is 25.6 Å².